The van der Waals surface area contributed by atoms with E-state index < -0.39 is 23.4 Å². The summed E-state index contributed by atoms with van der Waals surface area (Å²) in [4.78, 5) is 27.8. The van der Waals surface area contributed by atoms with Gasteiger partial charge in [0.1, 0.15) is 11.2 Å². The summed E-state index contributed by atoms with van der Waals surface area (Å²) < 4.78 is 10.7. The van der Waals surface area contributed by atoms with Crippen molar-refractivity contribution in [2.75, 3.05) is 25.0 Å². The first kappa shape index (κ1) is 22.7. The second-order valence-electron chi connectivity index (χ2n) is 8.42. The number of hydrogen-bond donors (Lipinski definition) is 0. The second-order valence-corrected chi connectivity index (χ2v) is 8.42. The minimum atomic E-state index is -0.713. The van der Waals surface area contributed by atoms with E-state index in [1.54, 1.807) is 41.5 Å². The number of imide groups is 1. The van der Waals surface area contributed by atoms with Gasteiger partial charge in [0.15, 0.2) is 5.82 Å². The lowest BCUT2D eigenvalue weighted by Crippen LogP contribution is -2.44. The molecule has 0 aliphatic carbocycles. The van der Waals surface area contributed by atoms with Crippen LogP contribution in [0.4, 0.5) is 15.4 Å². The maximum Gasteiger partial charge on any atom is 0.419 e. The summed E-state index contributed by atoms with van der Waals surface area (Å²) in [7, 11) is 1.88. The molecule has 27 heavy (non-hydrogen) atoms. The Morgan fingerprint density at radius 1 is 0.926 bits per heavy atom. The highest BCUT2D eigenvalue weighted by Crippen LogP contribution is 2.15. The van der Waals surface area contributed by atoms with Crippen LogP contribution in [-0.2, 0) is 9.47 Å². The van der Waals surface area contributed by atoms with E-state index in [1.807, 2.05) is 31.0 Å². The van der Waals surface area contributed by atoms with Gasteiger partial charge in [-0.25, -0.2) is 14.5 Å². The second kappa shape index (κ2) is 9.01. The molecule has 0 aromatic carbocycles. The topological polar surface area (TPSA) is 84.9 Å². The number of hydrogen-bond acceptors (Lipinski definition) is 7. The molecule has 0 spiro atoms. The fraction of sp³-hybridized carbons (Fsp3) is 0.684. The summed E-state index contributed by atoms with van der Waals surface area (Å²) in [5.41, 5.74) is -0.565. The maximum atomic E-state index is 12.4. The van der Waals surface area contributed by atoms with Crippen molar-refractivity contribution in [3.63, 3.8) is 0 Å². The Labute approximate surface area is 161 Å². The number of nitrogens with zero attached hydrogens (tertiary/aromatic N) is 4. The lowest BCUT2D eigenvalue weighted by molar-refractivity contribution is 0.00139. The third kappa shape index (κ3) is 8.70. The largest absolute Gasteiger partial charge is 0.443 e. The van der Waals surface area contributed by atoms with Gasteiger partial charge in [0.2, 0.25) is 0 Å². The van der Waals surface area contributed by atoms with E-state index in [4.69, 9.17) is 9.47 Å². The summed E-state index contributed by atoms with van der Waals surface area (Å²) in [6.07, 6.45) is -0.895. The smallest absolute Gasteiger partial charge is 0.419 e. The first-order valence-electron chi connectivity index (χ1n) is 9.03. The summed E-state index contributed by atoms with van der Waals surface area (Å²) in [6.45, 7) is 13.1. The Kier molecular flexibility index (Phi) is 7.56. The third-order valence-corrected chi connectivity index (χ3v) is 3.28. The van der Waals surface area contributed by atoms with Gasteiger partial charge in [-0.3, -0.25) is 0 Å². The van der Waals surface area contributed by atoms with Crippen molar-refractivity contribution in [3.05, 3.63) is 17.8 Å². The SMILES string of the molecule is Cc1ccc(N(C)CCCN(C(=O)OC(C)(C)C)C(=O)OC(C)(C)C)nn1. The van der Waals surface area contributed by atoms with E-state index in [1.165, 1.54) is 0 Å². The Hall–Kier alpha value is -2.38. The number of anilines is 1. The molecule has 0 saturated heterocycles. The number of aromatic nitrogens is 2. The van der Waals surface area contributed by atoms with Crippen LogP contribution in [0.1, 0.15) is 53.7 Å². The molecular formula is C19H32N4O4. The van der Waals surface area contributed by atoms with E-state index in [9.17, 15) is 9.59 Å². The highest BCUT2D eigenvalue weighted by molar-refractivity contribution is 5.88. The van der Waals surface area contributed by atoms with Gasteiger partial charge in [0.05, 0.1) is 5.69 Å². The van der Waals surface area contributed by atoms with E-state index in [0.29, 0.717) is 13.0 Å². The summed E-state index contributed by atoms with van der Waals surface area (Å²) >= 11 is 0. The molecule has 0 atom stereocenters. The molecule has 1 heterocycles. The number of carbonyl (C=O) groups is 2. The van der Waals surface area contributed by atoms with Crippen LogP contribution in [0.2, 0.25) is 0 Å². The molecule has 2 amide bonds. The predicted molar refractivity (Wildman–Crippen MR) is 104 cm³/mol. The normalized spacial score (nSPS) is 11.7. The monoisotopic (exact) mass is 380 g/mol. The van der Waals surface area contributed by atoms with Gasteiger partial charge in [-0.2, -0.15) is 5.10 Å². The molecule has 0 aliphatic heterocycles. The van der Waals surface area contributed by atoms with E-state index in [2.05, 4.69) is 10.2 Å². The Bertz CT molecular complexity index is 605. The molecule has 0 aliphatic rings. The van der Waals surface area contributed by atoms with Crippen LogP contribution in [0.3, 0.4) is 0 Å². The van der Waals surface area contributed by atoms with Crippen LogP contribution in [0.15, 0.2) is 12.1 Å². The fourth-order valence-electron chi connectivity index (χ4n) is 2.07. The van der Waals surface area contributed by atoms with Crippen molar-refractivity contribution in [2.45, 2.75) is 66.1 Å². The molecule has 0 N–H and O–H groups in total. The molecule has 0 unspecified atom stereocenters. The molecule has 0 radical (unpaired) electrons. The van der Waals surface area contributed by atoms with Gasteiger partial charge in [-0.1, -0.05) is 0 Å². The van der Waals surface area contributed by atoms with Crippen LogP contribution >= 0.6 is 0 Å². The molecule has 0 bridgehead atoms. The van der Waals surface area contributed by atoms with Crippen LogP contribution in [0, 0.1) is 6.92 Å². The van der Waals surface area contributed by atoms with Crippen molar-refractivity contribution in [1.82, 2.24) is 15.1 Å². The highest BCUT2D eigenvalue weighted by Gasteiger charge is 2.30. The standard InChI is InChI=1S/C19H32N4O4/c1-14-10-11-15(21-20-14)22(8)12-9-13-23(16(24)26-18(2,3)4)17(25)27-19(5,6)7/h10-11H,9,12-13H2,1-8H3. The fourth-order valence-corrected chi connectivity index (χ4v) is 2.07. The van der Waals surface area contributed by atoms with Crippen LogP contribution in [-0.4, -0.2) is 58.6 Å². The molecule has 8 nitrogen and oxygen atoms in total. The van der Waals surface area contributed by atoms with Crippen molar-refractivity contribution in [1.29, 1.82) is 0 Å². The lowest BCUT2D eigenvalue weighted by atomic mass is 10.2. The molecular weight excluding hydrogens is 348 g/mol. The average molecular weight is 380 g/mol. The van der Waals surface area contributed by atoms with E-state index in [0.717, 1.165) is 16.4 Å². The van der Waals surface area contributed by atoms with Crippen molar-refractivity contribution in [2.24, 2.45) is 0 Å². The Morgan fingerprint density at radius 2 is 1.44 bits per heavy atom. The summed E-state index contributed by atoms with van der Waals surface area (Å²) in [5, 5.41) is 8.15. The Morgan fingerprint density at radius 3 is 1.85 bits per heavy atom. The predicted octanol–water partition coefficient (Wildman–Crippen LogP) is 3.78. The first-order valence-corrected chi connectivity index (χ1v) is 9.03. The molecule has 1 rings (SSSR count). The molecule has 0 saturated carbocycles. The van der Waals surface area contributed by atoms with Gasteiger partial charge >= 0.3 is 12.2 Å². The molecule has 8 heteroatoms. The zero-order valence-corrected chi connectivity index (χ0v) is 17.7. The van der Waals surface area contributed by atoms with E-state index >= 15 is 0 Å². The van der Waals surface area contributed by atoms with Crippen molar-refractivity contribution >= 4 is 18.0 Å². The van der Waals surface area contributed by atoms with Crippen molar-refractivity contribution < 1.29 is 19.1 Å². The molecule has 152 valence electrons. The molecule has 1 aromatic heterocycles. The highest BCUT2D eigenvalue weighted by atomic mass is 16.6. The van der Waals surface area contributed by atoms with Gasteiger partial charge < -0.3 is 14.4 Å². The molecule has 0 fully saturated rings. The van der Waals surface area contributed by atoms with Crippen LogP contribution in [0.25, 0.3) is 0 Å². The quantitative estimate of drug-likeness (QED) is 0.768. The zero-order valence-electron chi connectivity index (χ0n) is 17.7. The number of carbonyl (C=O) groups excluding carboxylic acids is 2. The number of ether oxygens (including phenoxy) is 2. The first-order chi connectivity index (χ1) is 12.3. The van der Waals surface area contributed by atoms with Gasteiger partial charge in [-0.15, -0.1) is 5.10 Å². The van der Waals surface area contributed by atoms with E-state index in [-0.39, 0.29) is 6.54 Å². The van der Waals surface area contributed by atoms with Crippen molar-refractivity contribution in [3.8, 4) is 0 Å². The van der Waals surface area contributed by atoms with Gasteiger partial charge in [-0.05, 0) is 67.0 Å². The lowest BCUT2D eigenvalue weighted by Gasteiger charge is -2.29. The Balaban J connectivity index is 2.73. The number of rotatable bonds is 5. The number of amides is 2. The summed E-state index contributed by atoms with van der Waals surface area (Å²) in [6, 6.07) is 3.76. The third-order valence-electron chi connectivity index (χ3n) is 3.28. The van der Waals surface area contributed by atoms with Gasteiger partial charge in [0.25, 0.3) is 0 Å². The van der Waals surface area contributed by atoms with Gasteiger partial charge in [0, 0.05) is 20.1 Å². The number of aryl methyl sites for hydroxylation is 1. The summed E-state index contributed by atoms with van der Waals surface area (Å²) in [5.74, 6) is 0.724. The average Bonchev–Trinajstić information content (AvgIpc) is 2.48. The maximum absolute atomic E-state index is 12.4. The minimum Gasteiger partial charge on any atom is -0.443 e. The van der Waals surface area contributed by atoms with Crippen LogP contribution in [0.5, 0.6) is 0 Å². The minimum absolute atomic E-state index is 0.174. The van der Waals surface area contributed by atoms with Crippen LogP contribution < -0.4 is 4.90 Å². The molecule has 1 aromatic rings. The zero-order chi connectivity index (χ0) is 20.8.